The number of aryl methyl sites for hydroxylation is 1. The number of ether oxygens (including phenoxy) is 1. The molecule has 0 radical (unpaired) electrons. The minimum absolute atomic E-state index is 0.246. The van der Waals surface area contributed by atoms with Crippen molar-refractivity contribution in [2.75, 3.05) is 7.11 Å². The Kier molecular flexibility index (Phi) is 3.82. The molecule has 0 saturated heterocycles. The Labute approximate surface area is 90.0 Å². The normalized spacial score (nSPS) is 14.2. The predicted octanol–water partition coefficient (Wildman–Crippen LogP) is 1.45. The van der Waals surface area contributed by atoms with Crippen LogP contribution in [0.5, 0.6) is 0 Å². The lowest BCUT2D eigenvalue weighted by atomic mass is 9.99. The molecular formula is C10H19N3O2. The van der Waals surface area contributed by atoms with E-state index in [1.165, 1.54) is 0 Å². The molecule has 1 heterocycles. The summed E-state index contributed by atoms with van der Waals surface area (Å²) in [6, 6.07) is -0.246. The van der Waals surface area contributed by atoms with Gasteiger partial charge in [0.25, 0.3) is 0 Å². The average molecular weight is 213 g/mol. The van der Waals surface area contributed by atoms with E-state index in [0.717, 1.165) is 6.42 Å². The highest BCUT2D eigenvalue weighted by Crippen LogP contribution is 2.22. The Morgan fingerprint density at radius 3 is 2.67 bits per heavy atom. The van der Waals surface area contributed by atoms with E-state index in [2.05, 4.69) is 10.1 Å². The van der Waals surface area contributed by atoms with Crippen LogP contribution in [0.25, 0.3) is 0 Å². The predicted molar refractivity (Wildman–Crippen MR) is 56.3 cm³/mol. The van der Waals surface area contributed by atoms with Gasteiger partial charge in [-0.3, -0.25) is 0 Å². The summed E-state index contributed by atoms with van der Waals surface area (Å²) in [5.41, 5.74) is 5.69. The molecule has 0 spiro atoms. The van der Waals surface area contributed by atoms with Crippen LogP contribution in [-0.2, 0) is 11.2 Å². The van der Waals surface area contributed by atoms with E-state index in [4.69, 9.17) is 15.0 Å². The summed E-state index contributed by atoms with van der Waals surface area (Å²) in [5, 5.41) is 3.84. The third-order valence-corrected chi connectivity index (χ3v) is 2.38. The highest BCUT2D eigenvalue weighted by atomic mass is 16.5. The van der Waals surface area contributed by atoms with Gasteiger partial charge < -0.3 is 15.0 Å². The molecule has 5 nitrogen and oxygen atoms in total. The van der Waals surface area contributed by atoms with Crippen LogP contribution in [0, 0.1) is 0 Å². The van der Waals surface area contributed by atoms with Crippen molar-refractivity contribution in [3.05, 3.63) is 11.7 Å². The number of nitrogens with two attached hydrogens (primary N) is 1. The van der Waals surface area contributed by atoms with E-state index < -0.39 is 0 Å². The van der Waals surface area contributed by atoms with Crippen molar-refractivity contribution in [2.24, 2.45) is 5.73 Å². The van der Waals surface area contributed by atoms with E-state index >= 15 is 0 Å². The fraction of sp³-hybridized carbons (Fsp3) is 0.800. The van der Waals surface area contributed by atoms with Crippen LogP contribution >= 0.6 is 0 Å². The first-order chi connectivity index (χ1) is 6.98. The molecule has 1 aromatic heterocycles. The van der Waals surface area contributed by atoms with Gasteiger partial charge in [0.2, 0.25) is 5.89 Å². The summed E-state index contributed by atoms with van der Waals surface area (Å²) >= 11 is 0. The molecule has 1 atom stereocenters. The van der Waals surface area contributed by atoms with Gasteiger partial charge in [-0.1, -0.05) is 12.1 Å². The van der Waals surface area contributed by atoms with E-state index in [-0.39, 0.29) is 11.6 Å². The third-order valence-electron chi connectivity index (χ3n) is 2.38. The molecule has 0 amide bonds. The standard InChI is InChI=1S/C10H19N3O2/c1-5-8-12-9(13-15-8)7(11)6-10(2,3)14-4/h7H,5-6,11H2,1-4H3. The van der Waals surface area contributed by atoms with E-state index in [1.54, 1.807) is 7.11 Å². The van der Waals surface area contributed by atoms with Crippen LogP contribution < -0.4 is 5.73 Å². The summed E-state index contributed by atoms with van der Waals surface area (Å²) in [7, 11) is 1.67. The lowest BCUT2D eigenvalue weighted by Crippen LogP contribution is -2.29. The molecule has 0 saturated carbocycles. The SMILES string of the molecule is CCc1nc(C(N)CC(C)(C)OC)no1. The number of aromatic nitrogens is 2. The maximum absolute atomic E-state index is 5.96. The maximum atomic E-state index is 5.96. The van der Waals surface area contributed by atoms with E-state index in [0.29, 0.717) is 18.1 Å². The van der Waals surface area contributed by atoms with E-state index in [1.807, 2.05) is 20.8 Å². The number of rotatable bonds is 5. The van der Waals surface area contributed by atoms with Gasteiger partial charge in [0.1, 0.15) is 0 Å². The fourth-order valence-electron chi connectivity index (χ4n) is 1.27. The van der Waals surface area contributed by atoms with Crippen molar-refractivity contribution < 1.29 is 9.26 Å². The zero-order valence-corrected chi connectivity index (χ0v) is 9.78. The van der Waals surface area contributed by atoms with Gasteiger partial charge in [-0.05, 0) is 20.3 Å². The summed E-state index contributed by atoms with van der Waals surface area (Å²) in [6.07, 6.45) is 1.39. The monoisotopic (exact) mass is 213 g/mol. The second-order valence-corrected chi connectivity index (χ2v) is 4.17. The second kappa shape index (κ2) is 4.72. The van der Waals surface area contributed by atoms with Crippen molar-refractivity contribution in [3.63, 3.8) is 0 Å². The molecule has 0 aliphatic carbocycles. The third kappa shape index (κ3) is 3.28. The van der Waals surface area contributed by atoms with Crippen LogP contribution in [0.3, 0.4) is 0 Å². The van der Waals surface area contributed by atoms with Gasteiger partial charge in [-0.15, -0.1) is 0 Å². The van der Waals surface area contributed by atoms with Crippen molar-refractivity contribution in [1.29, 1.82) is 0 Å². The van der Waals surface area contributed by atoms with Crippen LogP contribution in [0.4, 0.5) is 0 Å². The molecule has 5 heteroatoms. The van der Waals surface area contributed by atoms with Gasteiger partial charge in [0, 0.05) is 13.5 Å². The Morgan fingerprint density at radius 2 is 2.20 bits per heavy atom. The first-order valence-corrected chi connectivity index (χ1v) is 5.11. The van der Waals surface area contributed by atoms with Gasteiger partial charge in [-0.2, -0.15) is 4.98 Å². The van der Waals surface area contributed by atoms with Crippen LogP contribution in [0.15, 0.2) is 4.52 Å². The van der Waals surface area contributed by atoms with Gasteiger partial charge in [0.15, 0.2) is 5.82 Å². The number of hydrogen-bond donors (Lipinski definition) is 1. The Bertz CT molecular complexity index is 309. The summed E-state index contributed by atoms with van der Waals surface area (Å²) in [4.78, 5) is 4.19. The highest BCUT2D eigenvalue weighted by molar-refractivity contribution is 4.95. The van der Waals surface area contributed by atoms with Crippen LogP contribution in [0.1, 0.15) is 44.9 Å². The lowest BCUT2D eigenvalue weighted by Gasteiger charge is -2.24. The molecule has 2 N–H and O–H groups in total. The molecule has 1 rings (SSSR count). The number of nitrogens with zero attached hydrogens (tertiary/aromatic N) is 2. The quantitative estimate of drug-likeness (QED) is 0.801. The fourth-order valence-corrected chi connectivity index (χ4v) is 1.27. The van der Waals surface area contributed by atoms with E-state index in [9.17, 15) is 0 Å². The van der Waals surface area contributed by atoms with Gasteiger partial charge in [0.05, 0.1) is 11.6 Å². The summed E-state index contributed by atoms with van der Waals surface area (Å²) in [6.45, 7) is 5.92. The molecule has 1 aromatic rings. The number of methoxy groups -OCH3 is 1. The molecule has 15 heavy (non-hydrogen) atoms. The topological polar surface area (TPSA) is 74.2 Å². The Morgan fingerprint density at radius 1 is 1.53 bits per heavy atom. The largest absolute Gasteiger partial charge is 0.379 e. The minimum atomic E-state index is -0.271. The first-order valence-electron chi connectivity index (χ1n) is 5.11. The molecule has 0 bridgehead atoms. The van der Waals surface area contributed by atoms with Crippen molar-refractivity contribution in [2.45, 2.75) is 45.3 Å². The second-order valence-electron chi connectivity index (χ2n) is 4.17. The molecular weight excluding hydrogens is 194 g/mol. The van der Waals surface area contributed by atoms with Gasteiger partial charge >= 0.3 is 0 Å². The highest BCUT2D eigenvalue weighted by Gasteiger charge is 2.24. The van der Waals surface area contributed by atoms with Crippen LogP contribution in [-0.4, -0.2) is 22.9 Å². The molecule has 1 unspecified atom stereocenters. The number of hydrogen-bond acceptors (Lipinski definition) is 5. The Balaban J connectivity index is 2.64. The van der Waals surface area contributed by atoms with Gasteiger partial charge in [-0.25, -0.2) is 0 Å². The summed E-state index contributed by atoms with van der Waals surface area (Å²) < 4.78 is 10.3. The zero-order chi connectivity index (χ0) is 11.5. The zero-order valence-electron chi connectivity index (χ0n) is 9.78. The van der Waals surface area contributed by atoms with Crippen molar-refractivity contribution in [1.82, 2.24) is 10.1 Å². The van der Waals surface area contributed by atoms with Crippen molar-refractivity contribution in [3.8, 4) is 0 Å². The maximum Gasteiger partial charge on any atom is 0.226 e. The smallest absolute Gasteiger partial charge is 0.226 e. The van der Waals surface area contributed by atoms with Crippen LogP contribution in [0.2, 0.25) is 0 Å². The summed E-state index contributed by atoms with van der Waals surface area (Å²) in [5.74, 6) is 1.17. The average Bonchev–Trinajstić information content (AvgIpc) is 2.65. The first kappa shape index (κ1) is 12.1. The molecule has 0 fully saturated rings. The molecule has 0 aromatic carbocycles. The lowest BCUT2D eigenvalue weighted by molar-refractivity contribution is 0.00921. The molecule has 0 aliphatic rings. The molecule has 0 aliphatic heterocycles. The van der Waals surface area contributed by atoms with Crippen molar-refractivity contribution >= 4 is 0 Å². The minimum Gasteiger partial charge on any atom is -0.379 e. The Hall–Kier alpha value is -0.940. The molecule has 86 valence electrons.